The summed E-state index contributed by atoms with van der Waals surface area (Å²) in [5, 5.41) is 0. The van der Waals surface area contributed by atoms with Crippen LogP contribution < -0.4 is 0 Å². The highest BCUT2D eigenvalue weighted by atomic mass is 35.5. The molecular formula is C11H13ClO2S. The summed E-state index contributed by atoms with van der Waals surface area (Å²) in [6, 6.07) is 8.42. The lowest BCUT2D eigenvalue weighted by atomic mass is 10.3. The molecule has 0 spiro atoms. The molecule has 0 N–H and O–H groups in total. The molecule has 1 aromatic rings. The molecule has 0 fully saturated rings. The van der Waals surface area contributed by atoms with Gasteiger partial charge in [0.15, 0.2) is 9.84 Å². The van der Waals surface area contributed by atoms with Crippen LogP contribution in [0.15, 0.2) is 46.9 Å². The van der Waals surface area contributed by atoms with Gasteiger partial charge in [-0.1, -0.05) is 29.8 Å². The van der Waals surface area contributed by atoms with Crippen LogP contribution in [0.3, 0.4) is 0 Å². The number of allylic oxidation sites excluding steroid dienone is 1. The molecule has 4 heteroatoms. The predicted molar refractivity (Wildman–Crippen MR) is 63.0 cm³/mol. The average Bonchev–Trinajstić information content (AvgIpc) is 2.18. The fraction of sp³-hybridized carbons (Fsp3) is 0.273. The minimum absolute atomic E-state index is 0.0315. The molecule has 0 atom stereocenters. The number of rotatable bonds is 4. The van der Waals surface area contributed by atoms with Crippen molar-refractivity contribution in [2.24, 2.45) is 0 Å². The van der Waals surface area contributed by atoms with Crippen LogP contribution in [0.2, 0.25) is 0 Å². The lowest BCUT2D eigenvalue weighted by molar-refractivity contribution is 0.598. The summed E-state index contributed by atoms with van der Waals surface area (Å²) >= 11 is 5.50. The van der Waals surface area contributed by atoms with Gasteiger partial charge in [-0.2, -0.15) is 0 Å². The number of sulfone groups is 1. The summed E-state index contributed by atoms with van der Waals surface area (Å²) in [7, 11) is -3.21. The SMILES string of the molecule is C/C(=C/CCl)CS(=O)(=O)c1ccccc1. The Hall–Kier alpha value is -0.800. The van der Waals surface area contributed by atoms with Crippen molar-refractivity contribution < 1.29 is 8.42 Å². The van der Waals surface area contributed by atoms with Crippen molar-refractivity contribution in [3.05, 3.63) is 42.0 Å². The van der Waals surface area contributed by atoms with Gasteiger partial charge in [0.2, 0.25) is 0 Å². The third kappa shape index (κ3) is 3.68. The molecule has 0 aliphatic carbocycles. The van der Waals surface area contributed by atoms with Crippen LogP contribution in [-0.4, -0.2) is 20.1 Å². The van der Waals surface area contributed by atoms with Crippen LogP contribution in [0, 0.1) is 0 Å². The maximum absolute atomic E-state index is 11.8. The molecule has 0 aliphatic heterocycles. The van der Waals surface area contributed by atoms with Crippen LogP contribution in [-0.2, 0) is 9.84 Å². The topological polar surface area (TPSA) is 34.1 Å². The smallest absolute Gasteiger partial charge is 0.182 e. The first-order valence-corrected chi connectivity index (χ1v) is 6.74. The minimum Gasteiger partial charge on any atom is -0.223 e. The largest absolute Gasteiger partial charge is 0.223 e. The molecule has 2 nitrogen and oxygen atoms in total. The molecule has 0 saturated heterocycles. The normalized spacial score (nSPS) is 12.8. The van der Waals surface area contributed by atoms with E-state index in [1.165, 1.54) is 0 Å². The Morgan fingerprint density at radius 2 is 1.93 bits per heavy atom. The zero-order valence-corrected chi connectivity index (χ0v) is 10.1. The molecule has 0 saturated carbocycles. The first kappa shape index (κ1) is 12.3. The zero-order chi connectivity index (χ0) is 11.3. The summed E-state index contributed by atoms with van der Waals surface area (Å²) in [4.78, 5) is 0.354. The third-order valence-electron chi connectivity index (χ3n) is 1.95. The highest BCUT2D eigenvalue weighted by Gasteiger charge is 2.13. The second kappa shape index (κ2) is 5.33. The van der Waals surface area contributed by atoms with Gasteiger partial charge in [0.25, 0.3) is 0 Å². The molecule has 0 unspecified atom stereocenters. The number of hydrogen-bond acceptors (Lipinski definition) is 2. The fourth-order valence-electron chi connectivity index (χ4n) is 1.20. The second-order valence-corrected chi connectivity index (χ2v) is 5.58. The summed E-state index contributed by atoms with van der Waals surface area (Å²) < 4.78 is 23.7. The van der Waals surface area contributed by atoms with E-state index < -0.39 is 9.84 Å². The number of benzene rings is 1. The minimum atomic E-state index is -3.21. The van der Waals surface area contributed by atoms with Crippen molar-refractivity contribution >= 4 is 21.4 Å². The van der Waals surface area contributed by atoms with Gasteiger partial charge in [-0.3, -0.25) is 0 Å². The molecule has 0 aliphatic rings. The lowest BCUT2D eigenvalue weighted by Gasteiger charge is -2.03. The Kier molecular flexibility index (Phi) is 4.36. The van der Waals surface area contributed by atoms with E-state index in [0.29, 0.717) is 10.8 Å². The number of halogens is 1. The Balaban J connectivity index is 2.91. The van der Waals surface area contributed by atoms with Crippen LogP contribution in [0.25, 0.3) is 0 Å². The Bertz CT molecular complexity index is 435. The van der Waals surface area contributed by atoms with Crippen LogP contribution in [0.5, 0.6) is 0 Å². The van der Waals surface area contributed by atoms with Gasteiger partial charge in [-0.05, 0) is 19.1 Å². The van der Waals surface area contributed by atoms with Crippen LogP contribution in [0.1, 0.15) is 6.92 Å². The number of alkyl halides is 1. The van der Waals surface area contributed by atoms with Gasteiger partial charge >= 0.3 is 0 Å². The van der Waals surface area contributed by atoms with Gasteiger partial charge in [0.05, 0.1) is 10.6 Å². The predicted octanol–water partition coefficient (Wildman–Crippen LogP) is 2.65. The molecular weight excluding hydrogens is 232 g/mol. The molecule has 0 radical (unpaired) electrons. The van der Waals surface area contributed by atoms with E-state index in [1.807, 2.05) is 0 Å². The fourth-order valence-corrected chi connectivity index (χ4v) is 2.92. The van der Waals surface area contributed by atoms with E-state index in [0.717, 1.165) is 5.57 Å². The summed E-state index contributed by atoms with van der Waals surface area (Å²) in [5.41, 5.74) is 0.772. The van der Waals surface area contributed by atoms with Crippen molar-refractivity contribution in [1.29, 1.82) is 0 Å². The third-order valence-corrected chi connectivity index (χ3v) is 3.93. The highest BCUT2D eigenvalue weighted by molar-refractivity contribution is 7.91. The van der Waals surface area contributed by atoms with Crippen molar-refractivity contribution in [3.8, 4) is 0 Å². The molecule has 0 aromatic heterocycles. The Morgan fingerprint density at radius 3 is 2.47 bits per heavy atom. The zero-order valence-electron chi connectivity index (χ0n) is 8.48. The summed E-state index contributed by atoms with van der Waals surface area (Å²) in [6.45, 7) is 1.77. The first-order valence-electron chi connectivity index (χ1n) is 4.55. The van der Waals surface area contributed by atoms with Crippen LogP contribution in [0.4, 0.5) is 0 Å². The molecule has 0 bridgehead atoms. The Labute approximate surface area is 95.5 Å². The van der Waals surface area contributed by atoms with Crippen molar-refractivity contribution in [2.75, 3.05) is 11.6 Å². The maximum atomic E-state index is 11.8. The highest BCUT2D eigenvalue weighted by Crippen LogP contribution is 2.13. The molecule has 15 heavy (non-hydrogen) atoms. The Morgan fingerprint density at radius 1 is 1.33 bits per heavy atom. The molecule has 0 amide bonds. The van der Waals surface area contributed by atoms with Gasteiger partial charge in [-0.15, -0.1) is 11.6 Å². The van der Waals surface area contributed by atoms with Gasteiger partial charge < -0.3 is 0 Å². The molecule has 0 heterocycles. The van der Waals surface area contributed by atoms with Gasteiger partial charge in [0.1, 0.15) is 0 Å². The monoisotopic (exact) mass is 244 g/mol. The van der Waals surface area contributed by atoms with Crippen molar-refractivity contribution in [1.82, 2.24) is 0 Å². The number of hydrogen-bond donors (Lipinski definition) is 0. The van der Waals surface area contributed by atoms with Crippen molar-refractivity contribution in [3.63, 3.8) is 0 Å². The first-order chi connectivity index (χ1) is 7.06. The lowest BCUT2D eigenvalue weighted by Crippen LogP contribution is -2.07. The van der Waals surface area contributed by atoms with Gasteiger partial charge in [-0.25, -0.2) is 8.42 Å². The van der Waals surface area contributed by atoms with Crippen molar-refractivity contribution in [2.45, 2.75) is 11.8 Å². The standard InChI is InChI=1S/C11H13ClO2S/c1-10(7-8-12)9-15(13,14)11-5-3-2-4-6-11/h2-7H,8-9H2,1H3/b10-7-. The molecule has 1 aromatic carbocycles. The molecule has 1 rings (SSSR count). The second-order valence-electron chi connectivity index (χ2n) is 3.28. The maximum Gasteiger partial charge on any atom is 0.182 e. The van der Waals surface area contributed by atoms with Crippen LogP contribution >= 0.6 is 11.6 Å². The quantitative estimate of drug-likeness (QED) is 0.603. The average molecular weight is 245 g/mol. The summed E-state index contributed by atoms with van der Waals surface area (Å²) in [6.07, 6.45) is 1.71. The van der Waals surface area contributed by atoms with E-state index in [2.05, 4.69) is 0 Å². The van der Waals surface area contributed by atoms with E-state index in [9.17, 15) is 8.42 Å². The van der Waals surface area contributed by atoms with E-state index in [1.54, 1.807) is 43.3 Å². The van der Waals surface area contributed by atoms with E-state index in [-0.39, 0.29) is 5.75 Å². The van der Waals surface area contributed by atoms with Gasteiger partial charge in [0, 0.05) is 5.88 Å². The molecule has 82 valence electrons. The summed E-state index contributed by atoms with van der Waals surface area (Å²) in [5.74, 6) is 0.375. The van der Waals surface area contributed by atoms with E-state index >= 15 is 0 Å². The van der Waals surface area contributed by atoms with E-state index in [4.69, 9.17) is 11.6 Å².